The Bertz CT molecular complexity index is 840. The first-order valence-electron chi connectivity index (χ1n) is 8.78. The van der Waals surface area contributed by atoms with Crippen LogP contribution in [0.15, 0.2) is 42.5 Å². The predicted octanol–water partition coefficient (Wildman–Crippen LogP) is 3.60. The van der Waals surface area contributed by atoms with Gasteiger partial charge in [0, 0.05) is 11.1 Å². The van der Waals surface area contributed by atoms with Gasteiger partial charge in [-0.1, -0.05) is 23.7 Å². The highest BCUT2D eigenvalue weighted by atomic mass is 35.5. The summed E-state index contributed by atoms with van der Waals surface area (Å²) in [5.74, 6) is 0.368. The van der Waals surface area contributed by atoms with Crippen molar-refractivity contribution >= 4 is 29.5 Å². The second-order valence-corrected chi connectivity index (χ2v) is 6.41. The zero-order valence-corrected chi connectivity index (χ0v) is 16.8. The molecule has 0 unspecified atom stereocenters. The fraction of sp³-hybridized carbons (Fsp3) is 0.238. The van der Waals surface area contributed by atoms with Crippen molar-refractivity contribution in [1.82, 2.24) is 10.9 Å². The smallest absolute Gasteiger partial charge is 0.276 e. The standard InChI is InChI=1S/C21H23ClN2O4/c1-4-27-17-8-5-16(6-9-17)7-10-19(25)23-24-20(26)13-28-18-11-14(2)21(22)15(3)12-18/h5-12H,4,13H2,1-3H3,(H,23,25)(H,24,26)/b10-7+. The van der Waals surface area contributed by atoms with Gasteiger partial charge in [-0.15, -0.1) is 0 Å². The van der Waals surface area contributed by atoms with Gasteiger partial charge in [-0.3, -0.25) is 20.4 Å². The first kappa shape index (κ1) is 21.3. The number of amides is 2. The Labute approximate surface area is 169 Å². The van der Waals surface area contributed by atoms with Crippen LogP contribution in [-0.4, -0.2) is 25.0 Å². The van der Waals surface area contributed by atoms with Crippen LogP contribution in [0.1, 0.15) is 23.6 Å². The number of aryl methyl sites for hydroxylation is 2. The summed E-state index contributed by atoms with van der Waals surface area (Å²) in [4.78, 5) is 23.6. The van der Waals surface area contributed by atoms with Crippen molar-refractivity contribution in [2.75, 3.05) is 13.2 Å². The lowest BCUT2D eigenvalue weighted by molar-refractivity contribution is -0.128. The molecule has 0 aliphatic heterocycles. The molecule has 0 bridgehead atoms. The number of rotatable bonds is 7. The predicted molar refractivity (Wildman–Crippen MR) is 109 cm³/mol. The third-order valence-electron chi connectivity index (χ3n) is 3.72. The van der Waals surface area contributed by atoms with E-state index in [0.29, 0.717) is 17.4 Å². The van der Waals surface area contributed by atoms with Crippen LogP contribution in [0.5, 0.6) is 11.5 Å². The average molecular weight is 403 g/mol. The Kier molecular flexibility index (Phi) is 7.89. The number of carbonyl (C=O) groups excluding carboxylic acids is 2. The van der Waals surface area contributed by atoms with Crippen molar-refractivity contribution in [3.63, 3.8) is 0 Å². The number of benzene rings is 2. The maximum absolute atomic E-state index is 11.8. The Morgan fingerprint density at radius 3 is 2.25 bits per heavy atom. The van der Waals surface area contributed by atoms with E-state index in [2.05, 4.69) is 10.9 Å². The molecule has 7 heteroatoms. The van der Waals surface area contributed by atoms with Crippen molar-refractivity contribution in [3.05, 3.63) is 64.2 Å². The van der Waals surface area contributed by atoms with E-state index in [1.165, 1.54) is 6.08 Å². The Morgan fingerprint density at radius 1 is 1.00 bits per heavy atom. The number of carbonyl (C=O) groups is 2. The molecule has 2 amide bonds. The van der Waals surface area contributed by atoms with Crippen LogP contribution in [0.4, 0.5) is 0 Å². The van der Waals surface area contributed by atoms with Crippen LogP contribution >= 0.6 is 11.6 Å². The summed E-state index contributed by atoms with van der Waals surface area (Å²) in [6.07, 6.45) is 2.95. The highest BCUT2D eigenvalue weighted by Gasteiger charge is 2.07. The molecule has 2 rings (SSSR count). The van der Waals surface area contributed by atoms with E-state index in [1.54, 1.807) is 18.2 Å². The minimum atomic E-state index is -0.479. The molecule has 0 aliphatic carbocycles. The number of hydrogen-bond donors (Lipinski definition) is 2. The molecule has 0 atom stereocenters. The topological polar surface area (TPSA) is 76.7 Å². The molecule has 0 heterocycles. The first-order chi connectivity index (χ1) is 13.4. The molecule has 2 aromatic rings. The maximum Gasteiger partial charge on any atom is 0.276 e. The molecule has 0 saturated heterocycles. The lowest BCUT2D eigenvalue weighted by Crippen LogP contribution is -2.43. The van der Waals surface area contributed by atoms with Gasteiger partial charge in [-0.25, -0.2) is 0 Å². The van der Waals surface area contributed by atoms with Crippen molar-refractivity contribution < 1.29 is 19.1 Å². The molecule has 0 saturated carbocycles. The minimum absolute atomic E-state index is 0.233. The van der Waals surface area contributed by atoms with Gasteiger partial charge in [0.2, 0.25) is 0 Å². The highest BCUT2D eigenvalue weighted by molar-refractivity contribution is 6.32. The van der Waals surface area contributed by atoms with Crippen molar-refractivity contribution in [1.29, 1.82) is 0 Å². The number of hydrogen-bond acceptors (Lipinski definition) is 4. The number of ether oxygens (including phenoxy) is 2. The Morgan fingerprint density at radius 2 is 1.64 bits per heavy atom. The van der Waals surface area contributed by atoms with Crippen LogP contribution in [0.3, 0.4) is 0 Å². The van der Waals surface area contributed by atoms with Gasteiger partial charge in [-0.05, 0) is 67.8 Å². The van der Waals surface area contributed by atoms with Crippen molar-refractivity contribution in [3.8, 4) is 11.5 Å². The summed E-state index contributed by atoms with van der Waals surface area (Å²) >= 11 is 6.10. The molecule has 28 heavy (non-hydrogen) atoms. The van der Waals surface area contributed by atoms with Gasteiger partial charge in [0.15, 0.2) is 6.61 Å². The molecule has 0 radical (unpaired) electrons. The molecule has 0 aliphatic rings. The van der Waals surface area contributed by atoms with Crippen molar-refractivity contribution in [2.45, 2.75) is 20.8 Å². The van der Waals surface area contributed by atoms with E-state index in [9.17, 15) is 9.59 Å². The average Bonchev–Trinajstić information content (AvgIpc) is 2.68. The highest BCUT2D eigenvalue weighted by Crippen LogP contribution is 2.25. The summed E-state index contributed by atoms with van der Waals surface area (Å²) in [6, 6.07) is 10.8. The summed E-state index contributed by atoms with van der Waals surface area (Å²) in [5, 5.41) is 0.670. The van der Waals surface area contributed by atoms with Crippen LogP contribution < -0.4 is 20.3 Å². The van der Waals surface area contributed by atoms with Gasteiger partial charge in [-0.2, -0.15) is 0 Å². The van der Waals surface area contributed by atoms with Gasteiger partial charge < -0.3 is 9.47 Å². The van der Waals surface area contributed by atoms with E-state index in [1.807, 2.05) is 45.0 Å². The van der Waals surface area contributed by atoms with Gasteiger partial charge >= 0.3 is 0 Å². The SMILES string of the molecule is CCOc1ccc(/C=C/C(=O)NNC(=O)COc2cc(C)c(Cl)c(C)c2)cc1. The third-order valence-corrected chi connectivity index (χ3v) is 4.32. The lowest BCUT2D eigenvalue weighted by atomic mass is 10.1. The van der Waals surface area contributed by atoms with E-state index >= 15 is 0 Å². The number of halogens is 1. The summed E-state index contributed by atoms with van der Waals surface area (Å²) in [7, 11) is 0. The molecule has 0 spiro atoms. The van der Waals surface area contributed by atoms with E-state index in [0.717, 1.165) is 22.4 Å². The fourth-order valence-electron chi connectivity index (χ4n) is 2.36. The largest absolute Gasteiger partial charge is 0.494 e. The Balaban J connectivity index is 1.76. The van der Waals surface area contributed by atoms with Crippen molar-refractivity contribution in [2.24, 2.45) is 0 Å². The molecule has 2 aromatic carbocycles. The summed E-state index contributed by atoms with van der Waals surface area (Å²) < 4.78 is 10.8. The zero-order chi connectivity index (χ0) is 20.5. The molecule has 6 nitrogen and oxygen atoms in total. The second kappa shape index (κ2) is 10.4. The summed E-state index contributed by atoms with van der Waals surface area (Å²) in [6.45, 7) is 6.00. The van der Waals surface area contributed by atoms with Crippen LogP contribution in [-0.2, 0) is 9.59 Å². The third kappa shape index (κ3) is 6.63. The van der Waals surface area contributed by atoms with Crippen LogP contribution in [0.2, 0.25) is 5.02 Å². The first-order valence-corrected chi connectivity index (χ1v) is 9.16. The molecule has 0 fully saturated rings. The molecule has 148 valence electrons. The van der Waals surface area contributed by atoms with Gasteiger partial charge in [0.1, 0.15) is 11.5 Å². The van der Waals surface area contributed by atoms with E-state index in [4.69, 9.17) is 21.1 Å². The normalized spacial score (nSPS) is 10.6. The fourth-order valence-corrected chi connectivity index (χ4v) is 2.47. The van der Waals surface area contributed by atoms with Crippen LogP contribution in [0.25, 0.3) is 6.08 Å². The summed E-state index contributed by atoms with van der Waals surface area (Å²) in [5.41, 5.74) is 7.16. The quantitative estimate of drug-likeness (QED) is 0.548. The molecular formula is C21H23ClN2O4. The van der Waals surface area contributed by atoms with E-state index in [-0.39, 0.29) is 6.61 Å². The van der Waals surface area contributed by atoms with Crippen LogP contribution in [0, 0.1) is 13.8 Å². The maximum atomic E-state index is 11.8. The second-order valence-electron chi connectivity index (χ2n) is 6.03. The molecular weight excluding hydrogens is 380 g/mol. The van der Waals surface area contributed by atoms with E-state index < -0.39 is 11.8 Å². The zero-order valence-electron chi connectivity index (χ0n) is 16.0. The monoisotopic (exact) mass is 402 g/mol. The number of hydrazine groups is 1. The Hall–Kier alpha value is -2.99. The number of nitrogens with one attached hydrogen (secondary N) is 2. The van der Waals surface area contributed by atoms with Gasteiger partial charge in [0.05, 0.1) is 6.61 Å². The van der Waals surface area contributed by atoms with Gasteiger partial charge in [0.25, 0.3) is 11.8 Å². The minimum Gasteiger partial charge on any atom is -0.494 e. The molecule has 0 aromatic heterocycles. The molecule has 2 N–H and O–H groups in total. The lowest BCUT2D eigenvalue weighted by Gasteiger charge is -2.10.